The van der Waals surface area contributed by atoms with Gasteiger partial charge in [-0.2, -0.15) is 0 Å². The third-order valence-electron chi connectivity index (χ3n) is 5.26. The Kier molecular flexibility index (Phi) is 6.55. The van der Waals surface area contributed by atoms with E-state index in [1.54, 1.807) is 0 Å². The lowest BCUT2D eigenvalue weighted by Crippen LogP contribution is -2.33. The van der Waals surface area contributed by atoms with E-state index in [-0.39, 0.29) is 18.4 Å². The van der Waals surface area contributed by atoms with Crippen LogP contribution in [-0.4, -0.2) is 13.1 Å². The summed E-state index contributed by atoms with van der Waals surface area (Å²) in [4.78, 5) is 2.48. The normalized spacial score (nSPS) is 20.3. The summed E-state index contributed by atoms with van der Waals surface area (Å²) in [5, 5.41) is 0. The molecule has 0 radical (unpaired) electrons. The van der Waals surface area contributed by atoms with Crippen LogP contribution in [0.5, 0.6) is 0 Å². The fourth-order valence-electron chi connectivity index (χ4n) is 3.55. The lowest BCUT2D eigenvalue weighted by atomic mass is 9.93. The Morgan fingerprint density at radius 2 is 1.83 bits per heavy atom. The third-order valence-corrected chi connectivity index (χ3v) is 5.26. The number of nitrogens with zero attached hydrogens (tertiary/aromatic N) is 1. The van der Waals surface area contributed by atoms with Crippen LogP contribution in [0.25, 0.3) is 6.08 Å². The molecule has 2 aliphatic carbocycles. The molecule has 0 bridgehead atoms. The molecular weight excluding hydrogens is 304 g/mol. The summed E-state index contributed by atoms with van der Waals surface area (Å²) in [5.74, 6) is 0.806. The molecule has 23 heavy (non-hydrogen) atoms. The number of allylic oxidation sites excluding steroid dienone is 1. The van der Waals surface area contributed by atoms with Gasteiger partial charge in [-0.25, -0.2) is 0 Å². The van der Waals surface area contributed by atoms with Crippen molar-refractivity contribution in [3.8, 4) is 0 Å². The van der Waals surface area contributed by atoms with Crippen molar-refractivity contribution in [1.29, 1.82) is 0 Å². The van der Waals surface area contributed by atoms with Crippen LogP contribution < -0.4 is 10.6 Å². The molecule has 128 valence electrons. The van der Waals surface area contributed by atoms with Gasteiger partial charge in [0.1, 0.15) is 0 Å². The van der Waals surface area contributed by atoms with Gasteiger partial charge in [0.05, 0.1) is 0 Å². The summed E-state index contributed by atoms with van der Waals surface area (Å²) >= 11 is 0. The molecule has 3 rings (SSSR count). The number of hydrogen-bond donors (Lipinski definition) is 1. The van der Waals surface area contributed by atoms with Crippen molar-refractivity contribution in [1.82, 2.24) is 0 Å². The molecule has 0 aromatic heterocycles. The number of anilines is 1. The Morgan fingerprint density at radius 1 is 1.13 bits per heavy atom. The monoisotopic (exact) mass is 334 g/mol. The van der Waals surface area contributed by atoms with Crippen LogP contribution in [0, 0.1) is 5.92 Å². The molecular formula is C20H31ClN2. The van der Waals surface area contributed by atoms with Crippen LogP contribution in [0.3, 0.4) is 0 Å². The van der Waals surface area contributed by atoms with Gasteiger partial charge in [-0.05, 0) is 61.8 Å². The summed E-state index contributed by atoms with van der Waals surface area (Å²) in [6, 6.07) is 7.61. The molecule has 2 aliphatic rings. The predicted molar refractivity (Wildman–Crippen MR) is 103 cm³/mol. The van der Waals surface area contributed by atoms with Crippen molar-refractivity contribution in [2.75, 3.05) is 11.9 Å². The van der Waals surface area contributed by atoms with E-state index in [4.69, 9.17) is 5.73 Å². The third kappa shape index (κ3) is 4.74. The van der Waals surface area contributed by atoms with Crippen LogP contribution >= 0.6 is 12.4 Å². The highest BCUT2D eigenvalue weighted by Crippen LogP contribution is 2.33. The maximum Gasteiger partial charge on any atom is 0.0372 e. The van der Waals surface area contributed by atoms with E-state index in [1.807, 2.05) is 0 Å². The Bertz CT molecular complexity index is 528. The van der Waals surface area contributed by atoms with Crippen molar-refractivity contribution < 1.29 is 0 Å². The molecule has 0 unspecified atom stereocenters. The molecule has 1 aromatic rings. The van der Waals surface area contributed by atoms with E-state index in [9.17, 15) is 0 Å². The fourth-order valence-corrected chi connectivity index (χ4v) is 3.55. The number of rotatable bonds is 5. The van der Waals surface area contributed by atoms with Crippen LogP contribution in [0.1, 0.15) is 69.0 Å². The van der Waals surface area contributed by atoms with E-state index < -0.39 is 0 Å². The van der Waals surface area contributed by atoms with Gasteiger partial charge in [0.25, 0.3) is 0 Å². The fraction of sp³-hybridized carbons (Fsp3) is 0.600. The molecule has 0 saturated heterocycles. The highest BCUT2D eigenvalue weighted by molar-refractivity contribution is 5.85. The molecule has 2 fully saturated rings. The number of benzene rings is 1. The molecule has 1 atom stereocenters. The van der Waals surface area contributed by atoms with Gasteiger partial charge in [-0.3, -0.25) is 0 Å². The lowest BCUT2D eigenvalue weighted by molar-refractivity contribution is 0.427. The van der Waals surface area contributed by atoms with Crippen molar-refractivity contribution >= 4 is 24.2 Å². The van der Waals surface area contributed by atoms with E-state index in [2.05, 4.69) is 49.2 Å². The minimum atomic E-state index is 0. The SMILES string of the molecule is C[C@H](N)c1ccc(N(C)C2CCCCC2)cc1/C=C/C1CC1.Cl. The highest BCUT2D eigenvalue weighted by atomic mass is 35.5. The first-order chi connectivity index (χ1) is 10.6. The Morgan fingerprint density at radius 3 is 2.43 bits per heavy atom. The standard InChI is InChI=1S/C20H30N2.ClH/c1-15(21)20-13-12-19(14-17(20)11-10-16-8-9-16)22(2)18-6-4-3-5-7-18;/h10-16,18H,3-9,21H2,1-2H3;1H/b11-10+;/t15-;/m0./s1. The molecule has 2 saturated carbocycles. The summed E-state index contributed by atoms with van der Waals surface area (Å²) < 4.78 is 0. The largest absolute Gasteiger partial charge is 0.372 e. The van der Waals surface area contributed by atoms with Gasteiger partial charge < -0.3 is 10.6 Å². The number of nitrogens with two attached hydrogens (primary N) is 1. The van der Waals surface area contributed by atoms with Gasteiger partial charge in [0.15, 0.2) is 0 Å². The molecule has 0 heterocycles. The predicted octanol–water partition coefficient (Wildman–Crippen LogP) is 5.32. The molecule has 2 nitrogen and oxygen atoms in total. The average molecular weight is 335 g/mol. The van der Waals surface area contributed by atoms with E-state index in [1.165, 1.54) is 61.8 Å². The van der Waals surface area contributed by atoms with Crippen molar-refractivity contribution in [2.24, 2.45) is 11.7 Å². The molecule has 0 spiro atoms. The molecule has 0 aliphatic heterocycles. The van der Waals surface area contributed by atoms with Crippen molar-refractivity contribution in [3.63, 3.8) is 0 Å². The topological polar surface area (TPSA) is 29.3 Å². The highest BCUT2D eigenvalue weighted by Gasteiger charge is 2.20. The second-order valence-corrected chi connectivity index (χ2v) is 7.20. The summed E-state index contributed by atoms with van der Waals surface area (Å²) in [6.07, 6.45) is 14.2. The van der Waals surface area contributed by atoms with E-state index in [0.717, 1.165) is 5.92 Å². The summed E-state index contributed by atoms with van der Waals surface area (Å²) in [6.45, 7) is 2.08. The Balaban J connectivity index is 0.00000192. The number of hydrogen-bond acceptors (Lipinski definition) is 2. The van der Waals surface area contributed by atoms with E-state index >= 15 is 0 Å². The zero-order valence-corrected chi connectivity index (χ0v) is 15.3. The summed E-state index contributed by atoms with van der Waals surface area (Å²) in [5.41, 5.74) is 10.1. The van der Waals surface area contributed by atoms with Gasteiger partial charge in [-0.1, -0.05) is 37.5 Å². The molecule has 3 heteroatoms. The van der Waals surface area contributed by atoms with Crippen molar-refractivity contribution in [2.45, 2.75) is 64.0 Å². The maximum atomic E-state index is 6.16. The Hall–Kier alpha value is -0.990. The average Bonchev–Trinajstić information content (AvgIpc) is 3.37. The van der Waals surface area contributed by atoms with Crippen LogP contribution in [-0.2, 0) is 0 Å². The first-order valence-electron chi connectivity index (χ1n) is 8.95. The first-order valence-corrected chi connectivity index (χ1v) is 8.95. The second-order valence-electron chi connectivity index (χ2n) is 7.20. The maximum absolute atomic E-state index is 6.16. The van der Waals surface area contributed by atoms with Gasteiger partial charge in [0.2, 0.25) is 0 Å². The zero-order chi connectivity index (χ0) is 15.5. The zero-order valence-electron chi connectivity index (χ0n) is 14.5. The molecule has 2 N–H and O–H groups in total. The van der Waals surface area contributed by atoms with E-state index in [0.29, 0.717) is 6.04 Å². The first kappa shape index (κ1) is 18.4. The van der Waals surface area contributed by atoms with Gasteiger partial charge >= 0.3 is 0 Å². The number of halogens is 1. The van der Waals surface area contributed by atoms with Crippen LogP contribution in [0.15, 0.2) is 24.3 Å². The smallest absolute Gasteiger partial charge is 0.0372 e. The lowest BCUT2D eigenvalue weighted by Gasteiger charge is -2.33. The van der Waals surface area contributed by atoms with Crippen molar-refractivity contribution in [3.05, 3.63) is 35.4 Å². The minimum Gasteiger partial charge on any atom is -0.372 e. The molecule has 1 aromatic carbocycles. The second kappa shape index (κ2) is 8.21. The summed E-state index contributed by atoms with van der Waals surface area (Å²) in [7, 11) is 2.26. The van der Waals surface area contributed by atoms with Gasteiger partial charge in [0, 0.05) is 24.8 Å². The Labute approximate surface area is 147 Å². The molecule has 0 amide bonds. The quantitative estimate of drug-likeness (QED) is 0.789. The minimum absolute atomic E-state index is 0. The van der Waals surface area contributed by atoms with Gasteiger partial charge in [-0.15, -0.1) is 12.4 Å². The van der Waals surface area contributed by atoms with Crippen LogP contribution in [0.2, 0.25) is 0 Å². The van der Waals surface area contributed by atoms with Crippen LogP contribution in [0.4, 0.5) is 5.69 Å².